The molecule has 1 aliphatic heterocycles. The average Bonchev–Trinajstić information content (AvgIpc) is 2.81. The normalized spacial score (nSPS) is 22.6. The van der Waals surface area contributed by atoms with Crippen LogP contribution in [0.15, 0.2) is 30.3 Å². The molecule has 0 unspecified atom stereocenters. The Morgan fingerprint density at radius 1 is 1.16 bits per heavy atom. The predicted molar refractivity (Wildman–Crippen MR) is 124 cm³/mol. The van der Waals surface area contributed by atoms with Gasteiger partial charge in [-0.3, -0.25) is 9.59 Å². The summed E-state index contributed by atoms with van der Waals surface area (Å²) in [4.78, 5) is 29.2. The van der Waals surface area contributed by atoms with Gasteiger partial charge < -0.3 is 19.9 Å². The first-order valence-corrected chi connectivity index (χ1v) is 11.6. The standard InChI is InChI=1S/C25H37N3O3/c1-19-8-4-6-10-22(19)27(2)21-14-16-28(17-15-21)25(30)18-26-24(29)13-12-20-9-5-7-11-23(20)31-3/h5,7,9,11-13,19,21-22H,4,6,8,10,14-18H2,1-3H3,(H,26,29)/b13-12+/t19-,22+/m0/s1. The topological polar surface area (TPSA) is 61.9 Å². The number of carbonyl (C=O) groups is 2. The summed E-state index contributed by atoms with van der Waals surface area (Å²) in [6, 6.07) is 8.72. The molecule has 31 heavy (non-hydrogen) atoms. The Labute approximate surface area is 186 Å². The van der Waals surface area contributed by atoms with Crippen LogP contribution >= 0.6 is 0 Å². The van der Waals surface area contributed by atoms with E-state index in [0.29, 0.717) is 17.8 Å². The van der Waals surface area contributed by atoms with Gasteiger partial charge in [-0.1, -0.05) is 38.0 Å². The molecule has 0 spiro atoms. The molecule has 3 rings (SSSR count). The summed E-state index contributed by atoms with van der Waals surface area (Å²) in [5.41, 5.74) is 0.824. The molecule has 0 bridgehead atoms. The lowest BCUT2D eigenvalue weighted by molar-refractivity contribution is -0.133. The summed E-state index contributed by atoms with van der Waals surface area (Å²) in [5.74, 6) is 1.18. The van der Waals surface area contributed by atoms with Crippen LogP contribution in [-0.4, -0.2) is 67.5 Å². The minimum Gasteiger partial charge on any atom is -0.496 e. The highest BCUT2D eigenvalue weighted by molar-refractivity contribution is 5.94. The van der Waals surface area contributed by atoms with Gasteiger partial charge in [0, 0.05) is 36.8 Å². The number of rotatable bonds is 7. The zero-order chi connectivity index (χ0) is 22.2. The molecule has 6 heteroatoms. The number of hydrogen-bond donors (Lipinski definition) is 1. The Balaban J connectivity index is 1.41. The van der Waals surface area contributed by atoms with Crippen LogP contribution in [0.4, 0.5) is 0 Å². The van der Waals surface area contributed by atoms with Gasteiger partial charge in [0.1, 0.15) is 5.75 Å². The first-order chi connectivity index (χ1) is 15.0. The number of para-hydroxylation sites is 1. The molecule has 1 N–H and O–H groups in total. The molecule has 1 saturated carbocycles. The highest BCUT2D eigenvalue weighted by Crippen LogP contribution is 2.30. The number of piperidine rings is 1. The molecule has 2 fully saturated rings. The van der Waals surface area contributed by atoms with Crippen LogP contribution in [0.3, 0.4) is 0 Å². The summed E-state index contributed by atoms with van der Waals surface area (Å²) in [6.45, 7) is 3.95. The minimum absolute atomic E-state index is 0.00817. The Kier molecular flexibility index (Phi) is 8.52. The van der Waals surface area contributed by atoms with Gasteiger partial charge in [-0.2, -0.15) is 0 Å². The second-order valence-corrected chi connectivity index (χ2v) is 8.90. The number of amides is 2. The monoisotopic (exact) mass is 427 g/mol. The molecule has 170 valence electrons. The fourth-order valence-electron chi connectivity index (χ4n) is 5.00. The maximum absolute atomic E-state index is 12.6. The van der Waals surface area contributed by atoms with Crippen molar-refractivity contribution in [3.63, 3.8) is 0 Å². The lowest BCUT2D eigenvalue weighted by Gasteiger charge is -2.44. The van der Waals surface area contributed by atoms with Crippen LogP contribution in [0.5, 0.6) is 5.75 Å². The summed E-state index contributed by atoms with van der Waals surface area (Å²) >= 11 is 0. The molecule has 1 saturated heterocycles. The number of ether oxygens (including phenoxy) is 1. The third-order valence-corrected chi connectivity index (χ3v) is 6.95. The summed E-state index contributed by atoms with van der Waals surface area (Å²) in [7, 11) is 3.87. The zero-order valence-corrected chi connectivity index (χ0v) is 19.2. The van der Waals surface area contributed by atoms with Crippen molar-refractivity contribution in [1.82, 2.24) is 15.1 Å². The van der Waals surface area contributed by atoms with Crippen LogP contribution < -0.4 is 10.1 Å². The quantitative estimate of drug-likeness (QED) is 0.678. The Morgan fingerprint density at radius 2 is 1.87 bits per heavy atom. The van der Waals surface area contributed by atoms with Gasteiger partial charge >= 0.3 is 0 Å². The molecule has 0 aromatic heterocycles. The highest BCUT2D eigenvalue weighted by atomic mass is 16.5. The number of hydrogen-bond acceptors (Lipinski definition) is 4. The first kappa shape index (κ1) is 23.3. The molecule has 6 nitrogen and oxygen atoms in total. The van der Waals surface area contributed by atoms with E-state index in [4.69, 9.17) is 4.74 Å². The summed E-state index contributed by atoms with van der Waals surface area (Å²) in [6.07, 6.45) is 10.5. The van der Waals surface area contributed by atoms with E-state index in [2.05, 4.69) is 24.2 Å². The minimum atomic E-state index is -0.278. The van der Waals surface area contributed by atoms with Gasteiger partial charge in [-0.15, -0.1) is 0 Å². The number of nitrogens with zero attached hydrogens (tertiary/aromatic N) is 2. The lowest BCUT2D eigenvalue weighted by atomic mass is 9.84. The van der Waals surface area contributed by atoms with Crippen molar-refractivity contribution in [2.75, 3.05) is 33.8 Å². The van der Waals surface area contributed by atoms with Crippen molar-refractivity contribution in [3.05, 3.63) is 35.9 Å². The van der Waals surface area contributed by atoms with E-state index in [0.717, 1.165) is 37.4 Å². The third kappa shape index (κ3) is 6.33. The van der Waals surface area contributed by atoms with Crippen LogP contribution in [0, 0.1) is 5.92 Å². The van der Waals surface area contributed by atoms with Gasteiger partial charge in [0.15, 0.2) is 0 Å². The molecule has 2 amide bonds. The van der Waals surface area contributed by atoms with E-state index < -0.39 is 0 Å². The van der Waals surface area contributed by atoms with E-state index in [-0.39, 0.29) is 18.4 Å². The molecule has 1 heterocycles. The zero-order valence-electron chi connectivity index (χ0n) is 19.2. The third-order valence-electron chi connectivity index (χ3n) is 6.95. The van der Waals surface area contributed by atoms with Gasteiger partial charge in [0.2, 0.25) is 11.8 Å². The van der Waals surface area contributed by atoms with Crippen molar-refractivity contribution < 1.29 is 14.3 Å². The Hall–Kier alpha value is -2.34. The first-order valence-electron chi connectivity index (χ1n) is 11.6. The fraction of sp³-hybridized carbons (Fsp3) is 0.600. The average molecular weight is 428 g/mol. The molecule has 1 aromatic carbocycles. The predicted octanol–water partition coefficient (Wildman–Crippen LogP) is 3.33. The smallest absolute Gasteiger partial charge is 0.244 e. The second kappa shape index (κ2) is 11.3. The van der Waals surface area contributed by atoms with Crippen molar-refractivity contribution in [3.8, 4) is 5.75 Å². The Morgan fingerprint density at radius 3 is 2.58 bits per heavy atom. The summed E-state index contributed by atoms with van der Waals surface area (Å²) < 4.78 is 5.28. The van der Waals surface area contributed by atoms with Crippen molar-refractivity contribution in [1.29, 1.82) is 0 Å². The van der Waals surface area contributed by atoms with Gasteiger partial charge in [-0.05, 0) is 50.8 Å². The largest absolute Gasteiger partial charge is 0.496 e. The van der Waals surface area contributed by atoms with E-state index >= 15 is 0 Å². The number of benzene rings is 1. The van der Waals surface area contributed by atoms with E-state index in [9.17, 15) is 9.59 Å². The maximum Gasteiger partial charge on any atom is 0.244 e. The van der Waals surface area contributed by atoms with Crippen LogP contribution in [0.1, 0.15) is 51.0 Å². The molecule has 1 aromatic rings. The lowest BCUT2D eigenvalue weighted by Crippen LogP contribution is -2.51. The molecule has 1 aliphatic carbocycles. The van der Waals surface area contributed by atoms with Gasteiger partial charge in [0.25, 0.3) is 0 Å². The molecular formula is C25H37N3O3. The maximum atomic E-state index is 12.6. The SMILES string of the molecule is COc1ccccc1/C=C/C(=O)NCC(=O)N1CCC(N(C)[C@@H]2CCCC[C@@H]2C)CC1. The summed E-state index contributed by atoms with van der Waals surface area (Å²) in [5, 5.41) is 2.71. The van der Waals surface area contributed by atoms with Crippen LogP contribution in [0.25, 0.3) is 6.08 Å². The number of likely N-dealkylation sites (tertiary alicyclic amines) is 1. The molecule has 2 aliphatic rings. The van der Waals surface area contributed by atoms with E-state index in [1.54, 1.807) is 13.2 Å². The molecular weight excluding hydrogens is 390 g/mol. The van der Waals surface area contributed by atoms with Crippen LogP contribution in [0.2, 0.25) is 0 Å². The molecule has 2 atom stereocenters. The van der Waals surface area contributed by atoms with Crippen molar-refractivity contribution in [2.45, 2.75) is 57.5 Å². The Bertz CT molecular complexity index is 771. The fourth-order valence-corrected chi connectivity index (χ4v) is 5.00. The van der Waals surface area contributed by atoms with Crippen molar-refractivity contribution >= 4 is 17.9 Å². The molecule has 0 radical (unpaired) electrons. The van der Waals surface area contributed by atoms with Gasteiger partial charge in [-0.25, -0.2) is 0 Å². The number of carbonyl (C=O) groups excluding carboxylic acids is 2. The second-order valence-electron chi connectivity index (χ2n) is 8.90. The van der Waals surface area contributed by atoms with Crippen molar-refractivity contribution in [2.24, 2.45) is 5.92 Å². The number of methoxy groups -OCH3 is 1. The van der Waals surface area contributed by atoms with E-state index in [1.165, 1.54) is 31.8 Å². The van der Waals surface area contributed by atoms with E-state index in [1.807, 2.05) is 29.2 Å². The van der Waals surface area contributed by atoms with Gasteiger partial charge in [0.05, 0.1) is 13.7 Å². The number of nitrogens with one attached hydrogen (secondary N) is 1. The highest BCUT2D eigenvalue weighted by Gasteiger charge is 2.32. The van der Waals surface area contributed by atoms with Crippen LogP contribution in [-0.2, 0) is 9.59 Å².